The van der Waals surface area contributed by atoms with Gasteiger partial charge in [-0.3, -0.25) is 4.68 Å². The summed E-state index contributed by atoms with van der Waals surface area (Å²) in [4.78, 5) is 0. The third-order valence-corrected chi connectivity index (χ3v) is 3.21. The molecule has 19 heavy (non-hydrogen) atoms. The molecular formula is C15H17N3O. The van der Waals surface area contributed by atoms with E-state index in [4.69, 9.17) is 4.42 Å². The van der Waals surface area contributed by atoms with Gasteiger partial charge in [0, 0.05) is 18.1 Å². The number of rotatable bonds is 4. The highest BCUT2D eigenvalue weighted by Gasteiger charge is 2.11. The van der Waals surface area contributed by atoms with E-state index < -0.39 is 0 Å². The summed E-state index contributed by atoms with van der Waals surface area (Å²) >= 11 is 0. The fraction of sp³-hybridized carbons (Fsp3) is 0.267. The van der Waals surface area contributed by atoms with Gasteiger partial charge in [0.05, 0.1) is 17.9 Å². The van der Waals surface area contributed by atoms with Crippen LogP contribution in [0.2, 0.25) is 0 Å². The molecule has 0 aliphatic carbocycles. The molecule has 0 saturated carbocycles. The van der Waals surface area contributed by atoms with Gasteiger partial charge in [-0.2, -0.15) is 5.10 Å². The number of fused-ring (bicyclic) bond motifs is 1. The first-order valence-electron chi connectivity index (χ1n) is 6.53. The SMILES string of the molecule is CCn1cc(NC(C)c2cc3ccccc3o2)cn1. The van der Waals surface area contributed by atoms with Crippen molar-refractivity contribution >= 4 is 16.7 Å². The Hall–Kier alpha value is -2.23. The summed E-state index contributed by atoms with van der Waals surface area (Å²) in [7, 11) is 0. The smallest absolute Gasteiger partial charge is 0.134 e. The molecule has 0 saturated heterocycles. The van der Waals surface area contributed by atoms with Crippen molar-refractivity contribution < 1.29 is 4.42 Å². The molecule has 2 aromatic heterocycles. The second kappa shape index (κ2) is 4.80. The minimum atomic E-state index is 0.113. The molecule has 0 bridgehead atoms. The van der Waals surface area contributed by atoms with Gasteiger partial charge in [0.1, 0.15) is 11.3 Å². The van der Waals surface area contributed by atoms with Gasteiger partial charge in [0.2, 0.25) is 0 Å². The maximum atomic E-state index is 5.85. The van der Waals surface area contributed by atoms with E-state index in [1.807, 2.05) is 35.3 Å². The first-order chi connectivity index (χ1) is 9.26. The predicted molar refractivity (Wildman–Crippen MR) is 76.2 cm³/mol. The van der Waals surface area contributed by atoms with E-state index in [0.29, 0.717) is 0 Å². The Labute approximate surface area is 112 Å². The van der Waals surface area contributed by atoms with Crippen molar-refractivity contribution in [2.45, 2.75) is 26.4 Å². The molecule has 1 atom stereocenters. The number of benzene rings is 1. The van der Waals surface area contributed by atoms with Gasteiger partial charge >= 0.3 is 0 Å². The highest BCUT2D eigenvalue weighted by molar-refractivity contribution is 5.77. The van der Waals surface area contributed by atoms with Crippen molar-refractivity contribution in [1.82, 2.24) is 9.78 Å². The normalized spacial score (nSPS) is 12.7. The minimum absolute atomic E-state index is 0.113. The molecule has 0 aliphatic heterocycles. The molecule has 3 aromatic rings. The molecule has 2 heterocycles. The van der Waals surface area contributed by atoms with Crippen LogP contribution in [0.3, 0.4) is 0 Å². The van der Waals surface area contributed by atoms with Gasteiger partial charge in [-0.25, -0.2) is 0 Å². The zero-order chi connectivity index (χ0) is 13.2. The Morgan fingerprint density at radius 1 is 1.37 bits per heavy atom. The number of aryl methyl sites for hydroxylation is 1. The fourth-order valence-corrected chi connectivity index (χ4v) is 2.15. The highest BCUT2D eigenvalue weighted by atomic mass is 16.3. The Kier molecular flexibility index (Phi) is 2.99. The van der Waals surface area contributed by atoms with E-state index in [1.165, 1.54) is 0 Å². The first-order valence-corrected chi connectivity index (χ1v) is 6.53. The molecule has 0 spiro atoms. The molecule has 4 nitrogen and oxygen atoms in total. The molecule has 0 aliphatic rings. The average molecular weight is 255 g/mol. The Balaban J connectivity index is 1.81. The lowest BCUT2D eigenvalue weighted by Gasteiger charge is -2.10. The molecule has 3 rings (SSSR count). The number of nitrogens with one attached hydrogen (secondary N) is 1. The van der Waals surface area contributed by atoms with E-state index in [9.17, 15) is 0 Å². The number of nitrogens with zero attached hydrogens (tertiary/aromatic N) is 2. The standard InChI is InChI=1S/C15H17N3O/c1-3-18-10-13(9-16-18)17-11(2)15-8-12-6-4-5-7-14(12)19-15/h4-11,17H,3H2,1-2H3. The summed E-state index contributed by atoms with van der Waals surface area (Å²) in [6, 6.07) is 10.2. The van der Waals surface area contributed by atoms with Crippen LogP contribution in [0.4, 0.5) is 5.69 Å². The zero-order valence-electron chi connectivity index (χ0n) is 11.1. The molecule has 0 amide bonds. The molecule has 98 valence electrons. The summed E-state index contributed by atoms with van der Waals surface area (Å²) in [5, 5.41) is 8.78. The average Bonchev–Trinajstić information content (AvgIpc) is 3.04. The van der Waals surface area contributed by atoms with Gasteiger partial charge in [0.15, 0.2) is 0 Å². The summed E-state index contributed by atoms with van der Waals surface area (Å²) in [5.74, 6) is 0.936. The fourth-order valence-electron chi connectivity index (χ4n) is 2.15. The monoisotopic (exact) mass is 255 g/mol. The third-order valence-electron chi connectivity index (χ3n) is 3.21. The van der Waals surface area contributed by atoms with Gasteiger partial charge in [-0.05, 0) is 26.0 Å². The van der Waals surface area contributed by atoms with Gasteiger partial charge in [0.25, 0.3) is 0 Å². The van der Waals surface area contributed by atoms with E-state index in [1.54, 1.807) is 0 Å². The predicted octanol–water partition coefficient (Wildman–Crippen LogP) is 3.82. The highest BCUT2D eigenvalue weighted by Crippen LogP contribution is 2.25. The number of hydrogen-bond acceptors (Lipinski definition) is 3. The zero-order valence-corrected chi connectivity index (χ0v) is 11.1. The van der Waals surface area contributed by atoms with E-state index in [-0.39, 0.29) is 6.04 Å². The summed E-state index contributed by atoms with van der Waals surface area (Å²) in [6.07, 6.45) is 3.84. The Bertz CT molecular complexity index is 650. The minimum Gasteiger partial charge on any atom is -0.459 e. The van der Waals surface area contributed by atoms with Crippen molar-refractivity contribution in [1.29, 1.82) is 0 Å². The number of hydrogen-bond donors (Lipinski definition) is 1. The van der Waals surface area contributed by atoms with Crippen molar-refractivity contribution in [3.63, 3.8) is 0 Å². The first kappa shape index (κ1) is 11.8. The number of para-hydroxylation sites is 1. The van der Waals surface area contributed by atoms with Crippen molar-refractivity contribution in [3.8, 4) is 0 Å². The van der Waals surface area contributed by atoms with Crippen LogP contribution in [-0.2, 0) is 6.54 Å². The van der Waals surface area contributed by atoms with Crippen LogP contribution in [0.1, 0.15) is 25.6 Å². The van der Waals surface area contributed by atoms with Crippen molar-refractivity contribution in [2.75, 3.05) is 5.32 Å². The van der Waals surface area contributed by atoms with Gasteiger partial charge in [-0.15, -0.1) is 0 Å². The van der Waals surface area contributed by atoms with Gasteiger partial charge in [-0.1, -0.05) is 18.2 Å². The summed E-state index contributed by atoms with van der Waals surface area (Å²) in [6.45, 7) is 5.03. The summed E-state index contributed by atoms with van der Waals surface area (Å²) in [5.41, 5.74) is 1.94. The maximum absolute atomic E-state index is 5.85. The topological polar surface area (TPSA) is 43.0 Å². The third kappa shape index (κ3) is 2.34. The van der Waals surface area contributed by atoms with E-state index in [2.05, 4.69) is 36.4 Å². The van der Waals surface area contributed by atoms with Crippen LogP contribution in [0.15, 0.2) is 47.1 Å². The lowest BCUT2D eigenvalue weighted by molar-refractivity contribution is 0.526. The maximum Gasteiger partial charge on any atom is 0.134 e. The van der Waals surface area contributed by atoms with E-state index in [0.717, 1.165) is 29.0 Å². The number of furan rings is 1. The molecule has 1 N–H and O–H groups in total. The van der Waals surface area contributed by atoms with Crippen LogP contribution >= 0.6 is 0 Å². The molecule has 1 unspecified atom stereocenters. The van der Waals surface area contributed by atoms with Crippen molar-refractivity contribution in [3.05, 3.63) is 48.5 Å². The van der Waals surface area contributed by atoms with E-state index >= 15 is 0 Å². The Morgan fingerprint density at radius 2 is 2.21 bits per heavy atom. The molecule has 4 heteroatoms. The van der Waals surface area contributed by atoms with Crippen LogP contribution < -0.4 is 5.32 Å². The lowest BCUT2D eigenvalue weighted by Crippen LogP contribution is -2.04. The Morgan fingerprint density at radius 3 is 2.95 bits per heavy atom. The molecule has 0 radical (unpaired) electrons. The number of anilines is 1. The van der Waals surface area contributed by atoms with Crippen LogP contribution in [0.5, 0.6) is 0 Å². The van der Waals surface area contributed by atoms with Crippen LogP contribution in [0, 0.1) is 0 Å². The quantitative estimate of drug-likeness (QED) is 0.770. The second-order valence-electron chi connectivity index (χ2n) is 4.64. The molecule has 1 aromatic carbocycles. The second-order valence-corrected chi connectivity index (χ2v) is 4.64. The van der Waals surface area contributed by atoms with Crippen molar-refractivity contribution in [2.24, 2.45) is 0 Å². The molecule has 0 fully saturated rings. The summed E-state index contributed by atoms with van der Waals surface area (Å²) < 4.78 is 7.74. The largest absolute Gasteiger partial charge is 0.459 e. The number of aromatic nitrogens is 2. The lowest BCUT2D eigenvalue weighted by atomic mass is 10.2. The molecular weight excluding hydrogens is 238 g/mol. The van der Waals surface area contributed by atoms with Crippen LogP contribution in [-0.4, -0.2) is 9.78 Å². The van der Waals surface area contributed by atoms with Crippen LogP contribution in [0.25, 0.3) is 11.0 Å². The van der Waals surface area contributed by atoms with Gasteiger partial charge < -0.3 is 9.73 Å².